The van der Waals surface area contributed by atoms with E-state index in [9.17, 15) is 47.4 Å². The Bertz CT molecular complexity index is 1820. The lowest BCUT2D eigenvalue weighted by Crippen LogP contribution is -2.53. The summed E-state index contributed by atoms with van der Waals surface area (Å²) in [5.41, 5.74) is -2.12. The number of carboxylic acids is 1. The number of halogens is 2. The fraction of sp³-hybridized carbons (Fsp3) is 0.727. The molecule has 0 radical (unpaired) electrons. The van der Waals surface area contributed by atoms with Gasteiger partial charge < -0.3 is 50.5 Å². The number of rotatable bonds is 24. The number of ether oxygens (including phenoxy) is 3. The summed E-state index contributed by atoms with van der Waals surface area (Å²) in [6, 6.07) is -0.579. The van der Waals surface area contributed by atoms with Crippen molar-refractivity contribution in [3.63, 3.8) is 0 Å². The number of carboxylic acid groups (broad SMARTS) is 1. The Labute approximate surface area is 395 Å². The standard InChI is InChI=1S/C39H62F2N6O11S2.C3H6O.C2H2/c1-36(2,3)22-57-38(7,8)14-11-29(49)43-25(33(53)54)21-60-27-10-9-26(27)59-20-24(46-37(4,5)6)32(52)42-15-12-31(51)56-19-30(50)44-28-13-16-47(35(55)45-28)34-39(40,41)17-23(18-48)58-34;1-2-3-4;1-2/h13,16,23-27,34,46,48H,9-12,14-15,17-22H2,1-8H3,(H,42,52)(H,43,49)(H,53,54)(H,44,45,50,55);3H,2H2,1H3;1-2H. The van der Waals surface area contributed by atoms with Gasteiger partial charge in [-0.3, -0.25) is 23.7 Å². The Kier molecular flexibility index (Phi) is 25.6. The number of thioether (sulfide) groups is 2. The van der Waals surface area contributed by atoms with E-state index in [2.05, 4.69) is 59.9 Å². The summed E-state index contributed by atoms with van der Waals surface area (Å²) < 4.78 is 45.2. The third-order valence-corrected chi connectivity index (χ3v) is 12.6. The average molecular weight is 977 g/mol. The third kappa shape index (κ3) is 23.0. The minimum Gasteiger partial charge on any atom is -0.480 e. The normalized spacial score (nSPS) is 19.8. The van der Waals surface area contributed by atoms with Gasteiger partial charge in [-0.1, -0.05) is 27.7 Å². The maximum absolute atomic E-state index is 14.3. The fourth-order valence-corrected chi connectivity index (χ4v) is 9.00. The monoisotopic (exact) mass is 976 g/mol. The van der Waals surface area contributed by atoms with Crippen LogP contribution in [0.5, 0.6) is 0 Å². The molecule has 22 heteroatoms. The van der Waals surface area contributed by atoms with Gasteiger partial charge in [-0.05, 0) is 65.4 Å². The highest BCUT2D eigenvalue weighted by Gasteiger charge is 2.51. The number of nitrogens with one attached hydrogen (secondary N) is 4. The first kappa shape index (κ1) is 59.9. The molecule has 3 amide bonds. The molecule has 1 aromatic heterocycles. The Balaban J connectivity index is 0.00000343. The molecule has 18 nitrogen and oxygen atoms in total. The number of terminal acetylenes is 1. The van der Waals surface area contributed by atoms with Crippen LogP contribution in [-0.4, -0.2) is 139 Å². The highest BCUT2D eigenvalue weighted by atomic mass is 32.2. The van der Waals surface area contributed by atoms with Crippen LogP contribution in [0.3, 0.4) is 0 Å². The molecule has 0 aromatic carbocycles. The van der Waals surface area contributed by atoms with Gasteiger partial charge >= 0.3 is 17.6 Å². The van der Waals surface area contributed by atoms with Gasteiger partial charge in [0.15, 0.2) is 6.61 Å². The predicted molar refractivity (Wildman–Crippen MR) is 249 cm³/mol. The van der Waals surface area contributed by atoms with Gasteiger partial charge in [0.2, 0.25) is 18.0 Å². The van der Waals surface area contributed by atoms with E-state index in [0.29, 0.717) is 29.8 Å². The number of hydrogen-bond donors (Lipinski definition) is 6. The molecule has 66 heavy (non-hydrogen) atoms. The fourth-order valence-electron chi connectivity index (χ4n) is 5.89. The van der Waals surface area contributed by atoms with Gasteiger partial charge in [-0.2, -0.15) is 28.5 Å². The molecule has 1 saturated carbocycles. The van der Waals surface area contributed by atoms with Gasteiger partial charge in [-0.15, -0.1) is 12.8 Å². The molecule has 1 aliphatic heterocycles. The number of aliphatic hydroxyl groups excluding tert-OH is 1. The van der Waals surface area contributed by atoms with E-state index in [4.69, 9.17) is 19.3 Å². The van der Waals surface area contributed by atoms with Crippen LogP contribution in [0.1, 0.15) is 113 Å². The number of hydrogen-bond acceptors (Lipinski definition) is 15. The number of aldehydes is 1. The van der Waals surface area contributed by atoms with Crippen LogP contribution in [0.4, 0.5) is 14.6 Å². The van der Waals surface area contributed by atoms with Crippen molar-refractivity contribution in [2.75, 3.05) is 43.2 Å². The topological polar surface area (TPSA) is 254 Å². The van der Waals surface area contributed by atoms with Gasteiger partial charge in [0.1, 0.15) is 18.1 Å². The largest absolute Gasteiger partial charge is 0.480 e. The highest BCUT2D eigenvalue weighted by molar-refractivity contribution is 8.04. The summed E-state index contributed by atoms with van der Waals surface area (Å²) in [6.45, 7) is 16.6. The van der Waals surface area contributed by atoms with E-state index in [1.54, 1.807) is 11.8 Å². The highest BCUT2D eigenvalue weighted by Crippen LogP contribution is 2.42. The Morgan fingerprint density at radius 2 is 1.61 bits per heavy atom. The number of anilines is 1. The molecule has 6 N–H and O–H groups in total. The lowest BCUT2D eigenvalue weighted by Gasteiger charge is -2.37. The van der Waals surface area contributed by atoms with Crippen LogP contribution in [-0.2, 0) is 43.0 Å². The van der Waals surface area contributed by atoms with Crippen LogP contribution in [0.25, 0.3) is 0 Å². The number of nitrogens with zero attached hydrogens (tertiary/aromatic N) is 2. The van der Waals surface area contributed by atoms with E-state index in [1.807, 2.05) is 41.5 Å². The van der Waals surface area contributed by atoms with Crippen molar-refractivity contribution in [2.45, 2.75) is 159 Å². The second-order valence-corrected chi connectivity index (χ2v) is 21.0. The van der Waals surface area contributed by atoms with Crippen LogP contribution < -0.4 is 27.0 Å². The molecule has 6 atom stereocenters. The van der Waals surface area contributed by atoms with Gasteiger partial charge in [0.25, 0.3) is 11.8 Å². The summed E-state index contributed by atoms with van der Waals surface area (Å²) in [6.07, 6.45) is 8.67. The summed E-state index contributed by atoms with van der Waals surface area (Å²) in [4.78, 5) is 87.8. The molecule has 2 heterocycles. The van der Waals surface area contributed by atoms with E-state index in [1.165, 1.54) is 11.8 Å². The molecule has 1 aromatic rings. The van der Waals surface area contributed by atoms with Crippen LogP contribution >= 0.6 is 23.5 Å². The Hall–Kier alpha value is -4.14. The minimum absolute atomic E-state index is 0.0257. The zero-order valence-corrected chi connectivity index (χ0v) is 41.1. The van der Waals surface area contributed by atoms with Crippen molar-refractivity contribution in [3.8, 4) is 12.8 Å². The van der Waals surface area contributed by atoms with E-state index in [0.717, 1.165) is 31.4 Å². The molecule has 0 bridgehead atoms. The maximum atomic E-state index is 14.3. The number of alkyl halides is 2. The van der Waals surface area contributed by atoms with Crippen molar-refractivity contribution >= 4 is 65.3 Å². The van der Waals surface area contributed by atoms with E-state index in [-0.39, 0.29) is 58.7 Å². The summed E-state index contributed by atoms with van der Waals surface area (Å²) >= 11 is 3.09. The molecule has 374 valence electrons. The first-order valence-corrected chi connectivity index (χ1v) is 23.7. The van der Waals surface area contributed by atoms with Crippen molar-refractivity contribution in [1.29, 1.82) is 0 Å². The van der Waals surface area contributed by atoms with Crippen molar-refractivity contribution in [3.05, 3.63) is 22.7 Å². The van der Waals surface area contributed by atoms with E-state index >= 15 is 0 Å². The van der Waals surface area contributed by atoms with Gasteiger partial charge in [-0.25, -0.2) is 18.4 Å². The quantitative estimate of drug-likeness (QED) is 0.0488. The molecule has 2 fully saturated rings. The molecule has 1 aliphatic carbocycles. The number of aliphatic carboxylic acids is 1. The van der Waals surface area contributed by atoms with Crippen molar-refractivity contribution < 1.29 is 62.0 Å². The van der Waals surface area contributed by atoms with Crippen LogP contribution in [0, 0.1) is 18.3 Å². The Morgan fingerprint density at radius 3 is 2.09 bits per heavy atom. The SMILES string of the molecule is C#C.CC(C)(C)COC(C)(C)CCC(=O)NC(CSC1CCC1SCC(NC(C)(C)C)C(=O)NCCC(=O)OCC(=O)Nc1ccn(C2OC(CO)CC2(F)F)c(=O)n1)C(=O)O.CCC=O. The number of amides is 3. The molecule has 1 saturated heterocycles. The van der Waals surface area contributed by atoms with E-state index < -0.39 is 84.6 Å². The maximum Gasteiger partial charge on any atom is 0.351 e. The third-order valence-electron chi connectivity index (χ3n) is 9.41. The summed E-state index contributed by atoms with van der Waals surface area (Å²) in [7, 11) is 0. The molecular formula is C44H70F2N6O12S2. The van der Waals surface area contributed by atoms with Crippen molar-refractivity contribution in [1.82, 2.24) is 25.5 Å². The second kappa shape index (κ2) is 28.3. The number of carbonyl (C=O) groups is 6. The first-order chi connectivity index (χ1) is 30.7. The number of aliphatic hydroxyl groups is 1. The first-order valence-electron chi connectivity index (χ1n) is 21.6. The predicted octanol–water partition coefficient (Wildman–Crippen LogP) is 3.94. The van der Waals surface area contributed by atoms with Gasteiger partial charge in [0, 0.05) is 59.5 Å². The van der Waals surface area contributed by atoms with Crippen LogP contribution in [0.15, 0.2) is 17.1 Å². The van der Waals surface area contributed by atoms with Crippen LogP contribution in [0.2, 0.25) is 0 Å². The smallest absolute Gasteiger partial charge is 0.351 e. The zero-order valence-electron chi connectivity index (χ0n) is 39.5. The van der Waals surface area contributed by atoms with Crippen molar-refractivity contribution in [2.24, 2.45) is 5.41 Å². The van der Waals surface area contributed by atoms with Gasteiger partial charge in [0.05, 0.1) is 37.4 Å². The molecule has 3 rings (SSSR count). The average Bonchev–Trinajstić information content (AvgIpc) is 3.54. The molecular weight excluding hydrogens is 907 g/mol. The number of aromatic nitrogens is 2. The zero-order chi connectivity index (χ0) is 50.5. The molecule has 6 unspecified atom stereocenters. The minimum atomic E-state index is -3.43. The Morgan fingerprint density at radius 1 is 1.02 bits per heavy atom. The lowest BCUT2D eigenvalue weighted by molar-refractivity contribution is -0.147. The lowest BCUT2D eigenvalue weighted by atomic mass is 9.96. The second-order valence-electron chi connectivity index (χ2n) is 18.4. The number of carbonyl (C=O) groups excluding carboxylic acids is 5. The summed E-state index contributed by atoms with van der Waals surface area (Å²) in [5, 5.41) is 30.2. The summed E-state index contributed by atoms with van der Waals surface area (Å²) in [5.74, 6) is -6.54. The number of esters is 1. The molecule has 0 spiro atoms. The molecule has 2 aliphatic rings.